The number of nitrogens with two attached hydrogens (primary N) is 1. The Morgan fingerprint density at radius 2 is 2.19 bits per heavy atom. The van der Waals surface area contributed by atoms with Crippen LogP contribution < -0.4 is 5.73 Å². The topological polar surface area (TPSA) is 26.0 Å². The van der Waals surface area contributed by atoms with Crippen LogP contribution in [0.25, 0.3) is 0 Å². The molecule has 0 aliphatic rings. The van der Waals surface area contributed by atoms with Crippen molar-refractivity contribution in [3.05, 3.63) is 56.4 Å². The third kappa shape index (κ3) is 2.70. The lowest BCUT2D eigenvalue weighted by Gasteiger charge is -2.11. The second-order valence-electron chi connectivity index (χ2n) is 3.56. The summed E-state index contributed by atoms with van der Waals surface area (Å²) in [6.45, 7) is 0. The van der Waals surface area contributed by atoms with E-state index in [-0.39, 0.29) is 11.9 Å². The highest BCUT2D eigenvalue weighted by Crippen LogP contribution is 2.23. The minimum atomic E-state index is -0.257. The van der Waals surface area contributed by atoms with Gasteiger partial charge in [0.25, 0.3) is 0 Å². The summed E-state index contributed by atoms with van der Waals surface area (Å²) >= 11 is 4.85. The number of rotatable bonds is 3. The smallest absolute Gasteiger partial charge is 0.137 e. The quantitative estimate of drug-likeness (QED) is 0.914. The fourth-order valence-electron chi connectivity index (χ4n) is 1.51. The zero-order chi connectivity index (χ0) is 11.5. The van der Waals surface area contributed by atoms with Crippen molar-refractivity contribution in [2.75, 3.05) is 0 Å². The second kappa shape index (κ2) is 5.08. The van der Waals surface area contributed by atoms with Gasteiger partial charge in [0.05, 0.1) is 4.47 Å². The number of thiophene rings is 1. The summed E-state index contributed by atoms with van der Waals surface area (Å²) in [5.41, 5.74) is 7.01. The second-order valence-corrected chi connectivity index (χ2v) is 5.45. The first-order valence-electron chi connectivity index (χ1n) is 4.89. The predicted octanol–water partition coefficient (Wildman–Crippen LogP) is 3.89. The van der Waals surface area contributed by atoms with Gasteiger partial charge in [0.1, 0.15) is 5.82 Å². The molecule has 1 aromatic carbocycles. The fraction of sp³-hybridized carbons (Fsp3) is 0.167. The molecule has 4 heteroatoms. The Balaban J connectivity index is 2.14. The maximum absolute atomic E-state index is 13.1. The van der Waals surface area contributed by atoms with Crippen molar-refractivity contribution in [2.45, 2.75) is 12.5 Å². The molecule has 1 heterocycles. The molecule has 0 radical (unpaired) electrons. The molecule has 0 saturated carbocycles. The number of hydrogen-bond acceptors (Lipinski definition) is 2. The highest BCUT2D eigenvalue weighted by atomic mass is 79.9. The molecule has 0 aliphatic heterocycles. The van der Waals surface area contributed by atoms with Crippen molar-refractivity contribution in [3.8, 4) is 0 Å². The summed E-state index contributed by atoms with van der Waals surface area (Å²) in [7, 11) is 0. The van der Waals surface area contributed by atoms with Gasteiger partial charge in [-0.2, -0.15) is 0 Å². The van der Waals surface area contributed by atoms with Crippen LogP contribution in [0.5, 0.6) is 0 Å². The highest BCUT2D eigenvalue weighted by Gasteiger charge is 2.09. The number of halogens is 2. The summed E-state index contributed by atoms with van der Waals surface area (Å²) < 4.78 is 13.5. The van der Waals surface area contributed by atoms with Gasteiger partial charge in [0.15, 0.2) is 0 Å². The predicted molar refractivity (Wildman–Crippen MR) is 69.1 cm³/mol. The van der Waals surface area contributed by atoms with E-state index < -0.39 is 0 Å². The Morgan fingerprint density at radius 1 is 1.38 bits per heavy atom. The molecule has 0 amide bonds. The van der Waals surface area contributed by atoms with Crippen LogP contribution in [0, 0.1) is 5.82 Å². The van der Waals surface area contributed by atoms with Gasteiger partial charge >= 0.3 is 0 Å². The zero-order valence-electron chi connectivity index (χ0n) is 8.49. The van der Waals surface area contributed by atoms with Crippen LogP contribution >= 0.6 is 27.3 Å². The van der Waals surface area contributed by atoms with Gasteiger partial charge < -0.3 is 5.73 Å². The average Bonchev–Trinajstić information content (AvgIpc) is 2.74. The van der Waals surface area contributed by atoms with Crippen molar-refractivity contribution in [3.63, 3.8) is 0 Å². The van der Waals surface area contributed by atoms with E-state index in [1.807, 2.05) is 11.4 Å². The number of benzene rings is 1. The molecule has 1 atom stereocenters. The van der Waals surface area contributed by atoms with Crippen LogP contribution in [-0.2, 0) is 6.42 Å². The first kappa shape index (κ1) is 11.8. The van der Waals surface area contributed by atoms with Gasteiger partial charge in [-0.1, -0.05) is 12.1 Å². The molecule has 0 aliphatic carbocycles. The van der Waals surface area contributed by atoms with E-state index in [2.05, 4.69) is 22.0 Å². The molecule has 2 aromatic rings. The summed E-state index contributed by atoms with van der Waals surface area (Å²) in [5, 5.41) is 2.03. The van der Waals surface area contributed by atoms with Gasteiger partial charge in [-0.3, -0.25) is 0 Å². The molecule has 0 saturated heterocycles. The van der Waals surface area contributed by atoms with Gasteiger partial charge in [-0.05, 0) is 45.1 Å². The Labute approximate surface area is 106 Å². The number of hydrogen-bond donors (Lipinski definition) is 1. The Morgan fingerprint density at radius 3 is 2.81 bits per heavy atom. The van der Waals surface area contributed by atoms with Gasteiger partial charge in [0.2, 0.25) is 0 Å². The maximum atomic E-state index is 13.1. The van der Waals surface area contributed by atoms with E-state index >= 15 is 0 Å². The minimum absolute atomic E-state index is 0.0875. The molecule has 0 fully saturated rings. The van der Waals surface area contributed by atoms with E-state index in [9.17, 15) is 4.39 Å². The highest BCUT2D eigenvalue weighted by molar-refractivity contribution is 9.10. The van der Waals surface area contributed by atoms with E-state index in [4.69, 9.17) is 5.73 Å². The molecule has 2 rings (SSSR count). The van der Waals surface area contributed by atoms with E-state index in [1.165, 1.54) is 10.9 Å². The van der Waals surface area contributed by atoms with Crippen molar-refractivity contribution in [1.29, 1.82) is 0 Å². The minimum Gasteiger partial charge on any atom is -0.324 e. The molecule has 2 N–H and O–H groups in total. The van der Waals surface area contributed by atoms with E-state index in [1.54, 1.807) is 23.5 Å². The third-order valence-electron chi connectivity index (χ3n) is 2.37. The molecular formula is C12H11BrFNS. The van der Waals surface area contributed by atoms with Gasteiger partial charge in [-0.25, -0.2) is 4.39 Å². The summed E-state index contributed by atoms with van der Waals surface area (Å²) in [6, 6.07) is 8.89. The molecule has 0 spiro atoms. The van der Waals surface area contributed by atoms with Crippen LogP contribution in [0.15, 0.2) is 40.2 Å². The lowest BCUT2D eigenvalue weighted by Crippen LogP contribution is -2.12. The Bertz CT molecular complexity index is 470. The maximum Gasteiger partial charge on any atom is 0.137 e. The third-order valence-corrected chi connectivity index (χ3v) is 3.88. The molecule has 1 aromatic heterocycles. The average molecular weight is 300 g/mol. The molecule has 16 heavy (non-hydrogen) atoms. The van der Waals surface area contributed by atoms with Gasteiger partial charge in [0, 0.05) is 17.3 Å². The van der Waals surface area contributed by atoms with Crippen LogP contribution in [0.1, 0.15) is 16.5 Å². The van der Waals surface area contributed by atoms with E-state index in [0.29, 0.717) is 4.47 Å². The summed E-state index contributed by atoms with van der Waals surface area (Å²) in [5.74, 6) is -0.257. The molecule has 84 valence electrons. The lowest BCUT2D eigenvalue weighted by atomic mass is 10.0. The standard InChI is InChI=1S/C12H11BrFNS/c13-10-6-8(3-4-11(10)14)12(15)7-9-2-1-5-16-9/h1-6,12H,7,15H2. The SMILES string of the molecule is NC(Cc1cccs1)c1ccc(F)c(Br)c1. The van der Waals surface area contributed by atoms with Crippen LogP contribution in [-0.4, -0.2) is 0 Å². The van der Waals surface area contributed by atoms with Crippen molar-refractivity contribution >= 4 is 27.3 Å². The Kier molecular flexibility index (Phi) is 3.74. The normalized spacial score (nSPS) is 12.7. The first-order chi connectivity index (χ1) is 7.66. The first-order valence-corrected chi connectivity index (χ1v) is 6.57. The van der Waals surface area contributed by atoms with E-state index in [0.717, 1.165) is 12.0 Å². The molecular weight excluding hydrogens is 289 g/mol. The van der Waals surface area contributed by atoms with Crippen LogP contribution in [0.3, 0.4) is 0 Å². The van der Waals surface area contributed by atoms with Crippen LogP contribution in [0.4, 0.5) is 4.39 Å². The molecule has 1 nitrogen and oxygen atoms in total. The van der Waals surface area contributed by atoms with Crippen LogP contribution in [0.2, 0.25) is 0 Å². The van der Waals surface area contributed by atoms with Gasteiger partial charge in [-0.15, -0.1) is 11.3 Å². The zero-order valence-corrected chi connectivity index (χ0v) is 10.9. The van der Waals surface area contributed by atoms with Crippen molar-refractivity contribution in [1.82, 2.24) is 0 Å². The largest absolute Gasteiger partial charge is 0.324 e. The molecule has 1 unspecified atom stereocenters. The fourth-order valence-corrected chi connectivity index (χ4v) is 2.67. The molecule has 0 bridgehead atoms. The lowest BCUT2D eigenvalue weighted by molar-refractivity contribution is 0.617. The Hall–Kier alpha value is -0.710. The summed E-state index contributed by atoms with van der Waals surface area (Å²) in [6.07, 6.45) is 0.787. The van der Waals surface area contributed by atoms with Crippen molar-refractivity contribution < 1.29 is 4.39 Å². The summed E-state index contributed by atoms with van der Waals surface area (Å²) in [4.78, 5) is 1.24. The monoisotopic (exact) mass is 299 g/mol. The van der Waals surface area contributed by atoms with Crippen molar-refractivity contribution in [2.24, 2.45) is 5.73 Å².